The number of benzene rings is 3. The smallest absolute Gasteiger partial charge is 0.338 e. The van der Waals surface area contributed by atoms with Crippen molar-refractivity contribution in [2.45, 2.75) is 37.0 Å². The molecule has 2 aliphatic rings. The van der Waals surface area contributed by atoms with Crippen LogP contribution in [0, 0.1) is 0 Å². The Labute approximate surface area is 220 Å². The number of carbonyl (C=O) groups is 2. The van der Waals surface area contributed by atoms with Gasteiger partial charge in [-0.3, -0.25) is 0 Å². The van der Waals surface area contributed by atoms with Crippen molar-refractivity contribution in [2.24, 2.45) is 0 Å². The highest BCUT2D eigenvalue weighted by Gasteiger charge is 2.54. The number of hydrogen-bond acceptors (Lipinski definition) is 9. The molecular weight excluding hydrogens is 492 g/mol. The molecule has 0 aromatic heterocycles. The number of carbonyl (C=O) groups excluding carboxylic acids is 2. The van der Waals surface area contributed by atoms with E-state index >= 15 is 0 Å². The van der Waals surface area contributed by atoms with Crippen LogP contribution in [0.1, 0.15) is 32.6 Å². The van der Waals surface area contributed by atoms with E-state index in [1.54, 1.807) is 79.9 Å². The van der Waals surface area contributed by atoms with Gasteiger partial charge in [0.2, 0.25) is 0 Å². The third-order valence-electron chi connectivity index (χ3n) is 6.41. The Morgan fingerprint density at radius 1 is 0.737 bits per heavy atom. The van der Waals surface area contributed by atoms with Gasteiger partial charge in [-0.2, -0.15) is 0 Å². The zero-order valence-electron chi connectivity index (χ0n) is 20.9. The molecule has 2 aliphatic heterocycles. The predicted octanol–water partition coefficient (Wildman–Crippen LogP) is 3.93. The molecule has 1 unspecified atom stereocenters. The third kappa shape index (κ3) is 5.56. The number of ether oxygens (including phenoxy) is 7. The molecule has 0 N–H and O–H groups in total. The number of esters is 2. The highest BCUT2D eigenvalue weighted by Crippen LogP contribution is 2.37. The number of hydrogen-bond donors (Lipinski definition) is 0. The van der Waals surface area contributed by atoms with Crippen LogP contribution in [-0.4, -0.2) is 63.5 Å². The first kappa shape index (κ1) is 25.9. The van der Waals surface area contributed by atoms with Crippen molar-refractivity contribution < 1.29 is 42.7 Å². The maximum atomic E-state index is 13.2. The summed E-state index contributed by atoms with van der Waals surface area (Å²) in [5.74, 6) is -0.517. The van der Waals surface area contributed by atoms with Crippen LogP contribution in [0.15, 0.2) is 84.9 Å². The molecule has 0 radical (unpaired) electrons. The van der Waals surface area contributed by atoms with Crippen molar-refractivity contribution in [3.05, 3.63) is 102 Å². The molecule has 0 amide bonds. The molecule has 3 aromatic carbocycles. The summed E-state index contributed by atoms with van der Waals surface area (Å²) in [6.07, 6.45) is -5.42. The van der Waals surface area contributed by atoms with Crippen molar-refractivity contribution in [3.8, 4) is 5.75 Å². The average Bonchev–Trinajstić information content (AvgIpc) is 2.98. The van der Waals surface area contributed by atoms with Gasteiger partial charge in [0.05, 0.1) is 24.8 Å². The normalized spacial score (nSPS) is 26.6. The summed E-state index contributed by atoms with van der Waals surface area (Å²) >= 11 is 0. The molecule has 0 spiro atoms. The molecule has 5 rings (SSSR count). The van der Waals surface area contributed by atoms with Gasteiger partial charge < -0.3 is 33.2 Å². The Morgan fingerprint density at radius 2 is 1.32 bits per heavy atom. The van der Waals surface area contributed by atoms with Gasteiger partial charge in [-0.25, -0.2) is 9.59 Å². The molecule has 9 nitrogen and oxygen atoms in total. The van der Waals surface area contributed by atoms with Gasteiger partial charge in [0.25, 0.3) is 0 Å². The topological polar surface area (TPSA) is 98.8 Å². The Hall–Kier alpha value is -3.76. The molecule has 0 aliphatic carbocycles. The van der Waals surface area contributed by atoms with Crippen molar-refractivity contribution in [1.82, 2.24) is 0 Å². The van der Waals surface area contributed by atoms with E-state index in [2.05, 4.69) is 0 Å². The van der Waals surface area contributed by atoms with Gasteiger partial charge >= 0.3 is 11.9 Å². The fraction of sp³-hybridized carbons (Fsp3) is 0.310. The largest absolute Gasteiger partial charge is 0.497 e. The summed E-state index contributed by atoms with van der Waals surface area (Å²) < 4.78 is 40.9. The molecule has 0 bridgehead atoms. The lowest BCUT2D eigenvalue weighted by Gasteiger charge is -2.47. The second-order valence-corrected chi connectivity index (χ2v) is 8.79. The summed E-state index contributed by atoms with van der Waals surface area (Å²) in [5, 5.41) is 0. The summed E-state index contributed by atoms with van der Waals surface area (Å²) in [7, 11) is 3.01. The monoisotopic (exact) mass is 520 g/mol. The highest BCUT2D eigenvalue weighted by molar-refractivity contribution is 5.90. The van der Waals surface area contributed by atoms with Crippen molar-refractivity contribution in [2.75, 3.05) is 20.8 Å². The fourth-order valence-electron chi connectivity index (χ4n) is 4.46. The quantitative estimate of drug-likeness (QED) is 0.429. The molecule has 38 heavy (non-hydrogen) atoms. The lowest BCUT2D eigenvalue weighted by Crippen LogP contribution is -2.64. The van der Waals surface area contributed by atoms with Crippen LogP contribution in [0.4, 0.5) is 0 Å². The van der Waals surface area contributed by atoms with E-state index in [0.717, 1.165) is 5.56 Å². The maximum Gasteiger partial charge on any atom is 0.338 e. The first-order valence-electron chi connectivity index (χ1n) is 12.2. The molecule has 9 heteroatoms. The standard InChI is InChI=1S/C29H28O9/c1-32-21-15-13-20(14-16-21)28-34-17-22-23(38-28)24(36-26(30)18-9-5-3-6-10-18)25(29(33-2)35-22)37-27(31)19-11-7-4-8-12-19/h3-16,22-25,28-29H,17H2,1-2H3/t22-,23+,24+,25-,28?,29+/m1/s1. The molecule has 2 saturated heterocycles. The Kier molecular flexibility index (Phi) is 8.00. The van der Waals surface area contributed by atoms with Gasteiger partial charge in [0.1, 0.15) is 18.0 Å². The molecule has 2 fully saturated rings. The maximum absolute atomic E-state index is 13.2. The van der Waals surface area contributed by atoms with Crippen LogP contribution in [0.25, 0.3) is 0 Å². The van der Waals surface area contributed by atoms with Crippen LogP contribution < -0.4 is 4.74 Å². The van der Waals surface area contributed by atoms with E-state index in [4.69, 9.17) is 33.2 Å². The molecule has 0 saturated carbocycles. The van der Waals surface area contributed by atoms with E-state index < -0.39 is 48.9 Å². The summed E-state index contributed by atoms with van der Waals surface area (Å²) in [6, 6.07) is 24.3. The lowest BCUT2D eigenvalue weighted by molar-refractivity contribution is -0.356. The lowest BCUT2D eigenvalue weighted by atomic mass is 9.97. The van der Waals surface area contributed by atoms with E-state index in [0.29, 0.717) is 16.9 Å². The second kappa shape index (κ2) is 11.7. The van der Waals surface area contributed by atoms with E-state index in [1.807, 2.05) is 12.1 Å². The number of fused-ring (bicyclic) bond motifs is 1. The minimum atomic E-state index is -1.11. The van der Waals surface area contributed by atoms with Crippen molar-refractivity contribution in [3.63, 3.8) is 0 Å². The Morgan fingerprint density at radius 3 is 1.87 bits per heavy atom. The van der Waals surface area contributed by atoms with Crippen LogP contribution in [0.3, 0.4) is 0 Å². The number of methoxy groups -OCH3 is 2. The number of rotatable bonds is 7. The van der Waals surface area contributed by atoms with E-state index in [1.165, 1.54) is 7.11 Å². The van der Waals surface area contributed by atoms with Gasteiger partial charge in [-0.05, 0) is 36.4 Å². The van der Waals surface area contributed by atoms with Crippen LogP contribution in [0.2, 0.25) is 0 Å². The minimum absolute atomic E-state index is 0.139. The van der Waals surface area contributed by atoms with Gasteiger partial charge in [-0.1, -0.05) is 48.5 Å². The summed E-state index contributed by atoms with van der Waals surface area (Å²) in [5.41, 5.74) is 1.42. The van der Waals surface area contributed by atoms with Gasteiger partial charge in [-0.15, -0.1) is 0 Å². The molecule has 3 aromatic rings. The van der Waals surface area contributed by atoms with Crippen LogP contribution >= 0.6 is 0 Å². The first-order valence-corrected chi connectivity index (χ1v) is 12.2. The zero-order valence-corrected chi connectivity index (χ0v) is 20.9. The first-order chi connectivity index (χ1) is 18.6. The molecular formula is C29H28O9. The zero-order chi connectivity index (χ0) is 26.5. The van der Waals surface area contributed by atoms with Crippen LogP contribution in [-0.2, 0) is 28.4 Å². The summed E-state index contributed by atoms with van der Waals surface area (Å²) in [4.78, 5) is 26.2. The Balaban J connectivity index is 1.45. The van der Waals surface area contributed by atoms with Gasteiger partial charge in [0, 0.05) is 12.7 Å². The second-order valence-electron chi connectivity index (χ2n) is 8.79. The SMILES string of the molecule is COc1ccc(C2OC[C@H]3O[C@H](OC)[C@H](OC(=O)c4ccccc4)[C@@H](OC(=O)c4ccccc4)[C@H]3O2)cc1. The third-order valence-corrected chi connectivity index (χ3v) is 6.41. The molecule has 6 atom stereocenters. The molecule has 2 heterocycles. The highest BCUT2D eigenvalue weighted by atomic mass is 16.8. The predicted molar refractivity (Wildman–Crippen MR) is 134 cm³/mol. The van der Waals surface area contributed by atoms with E-state index in [9.17, 15) is 9.59 Å². The molecule has 198 valence electrons. The minimum Gasteiger partial charge on any atom is -0.497 e. The fourth-order valence-corrected chi connectivity index (χ4v) is 4.46. The van der Waals surface area contributed by atoms with Gasteiger partial charge in [0.15, 0.2) is 24.8 Å². The average molecular weight is 521 g/mol. The van der Waals surface area contributed by atoms with Crippen molar-refractivity contribution in [1.29, 1.82) is 0 Å². The Bertz CT molecular complexity index is 1220. The van der Waals surface area contributed by atoms with Crippen LogP contribution in [0.5, 0.6) is 5.75 Å². The van der Waals surface area contributed by atoms with E-state index in [-0.39, 0.29) is 6.61 Å². The van der Waals surface area contributed by atoms with Crippen molar-refractivity contribution >= 4 is 11.9 Å². The summed E-state index contributed by atoms with van der Waals surface area (Å²) in [6.45, 7) is 0.139.